The number of carboxylic acids is 1. The second-order valence-electron chi connectivity index (χ2n) is 14.1. The van der Waals surface area contributed by atoms with Crippen LogP contribution in [-0.2, 0) is 38.2 Å². The SMILES string of the molecule is CC/C=C\C/C=C\C/C=C\C/C=C\C/C=C\C/C=C\CC(=O)OCC(C)(C)C(OC(=O)c1ccccc1OC(=O)C1=CCCCC1OC(=O)CI)C(=O)NCCC(=O)O. The van der Waals surface area contributed by atoms with Gasteiger partial charge in [-0.2, -0.15) is 0 Å². The number of amides is 1. The molecule has 1 aliphatic carbocycles. The van der Waals surface area contributed by atoms with Gasteiger partial charge in [0.25, 0.3) is 5.91 Å². The Kier molecular flexibility index (Phi) is 24.8. The molecule has 0 aromatic heterocycles. The fourth-order valence-electron chi connectivity index (χ4n) is 5.48. The van der Waals surface area contributed by atoms with Crippen molar-refractivity contribution in [1.29, 1.82) is 0 Å². The lowest BCUT2D eigenvalue weighted by atomic mass is 9.86. The number of halogens is 1. The van der Waals surface area contributed by atoms with Gasteiger partial charge in [-0.05, 0) is 69.9 Å². The second-order valence-corrected chi connectivity index (χ2v) is 14.8. The quantitative estimate of drug-likeness (QED) is 0.0227. The van der Waals surface area contributed by atoms with Crippen LogP contribution >= 0.6 is 22.6 Å². The van der Waals surface area contributed by atoms with Crippen molar-refractivity contribution in [2.24, 2.45) is 5.41 Å². The van der Waals surface area contributed by atoms with Gasteiger partial charge in [0.15, 0.2) is 6.10 Å². The number of carbonyl (C=O) groups excluding carboxylic acids is 5. The van der Waals surface area contributed by atoms with Crippen LogP contribution in [0.2, 0.25) is 0 Å². The fourth-order valence-corrected chi connectivity index (χ4v) is 5.66. The summed E-state index contributed by atoms with van der Waals surface area (Å²) in [5.74, 6) is -4.97. The lowest BCUT2D eigenvalue weighted by Crippen LogP contribution is -2.49. The number of rotatable bonds is 26. The Hall–Kier alpha value is -5.05. The number of alkyl halides is 1. The normalized spacial score (nSPS) is 15.3. The highest BCUT2D eigenvalue weighted by atomic mass is 127. The van der Waals surface area contributed by atoms with E-state index >= 15 is 0 Å². The van der Waals surface area contributed by atoms with Crippen LogP contribution in [0, 0.1) is 5.41 Å². The van der Waals surface area contributed by atoms with Gasteiger partial charge in [0.1, 0.15) is 24.0 Å². The van der Waals surface area contributed by atoms with Crippen LogP contribution in [0.5, 0.6) is 5.75 Å². The van der Waals surface area contributed by atoms with Crippen LogP contribution < -0.4 is 10.1 Å². The summed E-state index contributed by atoms with van der Waals surface area (Å²) in [5.41, 5.74) is -1.31. The molecule has 0 heterocycles. The minimum Gasteiger partial charge on any atom is -0.481 e. The summed E-state index contributed by atoms with van der Waals surface area (Å²) < 4.78 is 22.3. The molecule has 320 valence electrons. The van der Waals surface area contributed by atoms with Crippen molar-refractivity contribution in [2.45, 2.75) is 104 Å². The third kappa shape index (κ3) is 21.0. The van der Waals surface area contributed by atoms with E-state index in [0.717, 1.165) is 32.1 Å². The van der Waals surface area contributed by atoms with Gasteiger partial charge in [-0.25, -0.2) is 9.59 Å². The number of para-hydroxylation sites is 1. The number of aliphatic carboxylic acids is 1. The second kappa shape index (κ2) is 29.2. The van der Waals surface area contributed by atoms with Crippen LogP contribution in [0.3, 0.4) is 0 Å². The predicted octanol–water partition coefficient (Wildman–Crippen LogP) is 8.82. The summed E-state index contributed by atoms with van der Waals surface area (Å²) in [6, 6.07) is 5.79. The molecule has 0 saturated carbocycles. The van der Waals surface area contributed by atoms with Crippen LogP contribution in [0.4, 0.5) is 0 Å². The Balaban J connectivity index is 1.97. The minimum atomic E-state index is -1.55. The first-order valence-corrected chi connectivity index (χ1v) is 21.4. The molecule has 2 N–H and O–H groups in total. The van der Waals surface area contributed by atoms with Crippen LogP contribution in [0.1, 0.15) is 102 Å². The molecule has 2 atom stereocenters. The van der Waals surface area contributed by atoms with Crippen molar-refractivity contribution in [3.8, 4) is 5.75 Å². The molecule has 1 aliphatic rings. The van der Waals surface area contributed by atoms with Gasteiger partial charge in [0.05, 0.1) is 22.8 Å². The summed E-state index contributed by atoms with van der Waals surface area (Å²) in [6.07, 6.45) is 30.6. The first-order valence-electron chi connectivity index (χ1n) is 19.9. The van der Waals surface area contributed by atoms with Gasteiger partial charge in [-0.1, -0.05) is 134 Å². The van der Waals surface area contributed by atoms with Crippen LogP contribution in [0.25, 0.3) is 0 Å². The summed E-state index contributed by atoms with van der Waals surface area (Å²) >= 11 is 1.87. The zero-order valence-corrected chi connectivity index (χ0v) is 36.4. The van der Waals surface area contributed by atoms with Gasteiger partial charge in [-0.3, -0.25) is 19.2 Å². The summed E-state index contributed by atoms with van der Waals surface area (Å²) in [5, 5.41) is 11.5. The number of esters is 4. The van der Waals surface area contributed by atoms with Crippen LogP contribution in [-0.4, -0.2) is 70.6 Å². The maximum atomic E-state index is 13.6. The highest BCUT2D eigenvalue weighted by Crippen LogP contribution is 2.29. The van der Waals surface area contributed by atoms with E-state index in [1.54, 1.807) is 32.1 Å². The molecule has 0 spiro atoms. The van der Waals surface area contributed by atoms with Crippen molar-refractivity contribution in [1.82, 2.24) is 5.32 Å². The molecule has 2 rings (SSSR count). The minimum absolute atomic E-state index is 0.0244. The van der Waals surface area contributed by atoms with E-state index in [-0.39, 0.29) is 47.3 Å². The maximum Gasteiger partial charge on any atom is 0.342 e. The number of hydrogen-bond donors (Lipinski definition) is 2. The smallest absolute Gasteiger partial charge is 0.342 e. The fraction of sp³-hybridized carbons (Fsp3) is 0.435. The topological polar surface area (TPSA) is 172 Å². The molecular weight excluding hydrogens is 869 g/mol. The highest BCUT2D eigenvalue weighted by Gasteiger charge is 2.40. The van der Waals surface area contributed by atoms with Gasteiger partial charge in [0.2, 0.25) is 0 Å². The van der Waals surface area contributed by atoms with Gasteiger partial charge < -0.3 is 29.4 Å². The Morgan fingerprint density at radius 1 is 0.831 bits per heavy atom. The van der Waals surface area contributed by atoms with Crippen molar-refractivity contribution < 1.29 is 52.8 Å². The van der Waals surface area contributed by atoms with Gasteiger partial charge >= 0.3 is 29.8 Å². The number of allylic oxidation sites excluding steroid dienone is 12. The number of nitrogens with one attached hydrogen (secondary N) is 1. The maximum absolute atomic E-state index is 13.6. The largest absolute Gasteiger partial charge is 0.481 e. The van der Waals surface area contributed by atoms with E-state index in [0.29, 0.717) is 25.7 Å². The molecule has 1 aromatic carbocycles. The van der Waals surface area contributed by atoms with E-state index in [1.807, 2.05) is 40.8 Å². The number of carbonyl (C=O) groups is 6. The molecule has 1 aromatic rings. The number of benzene rings is 1. The summed E-state index contributed by atoms with van der Waals surface area (Å²) in [6.45, 7) is 4.68. The Morgan fingerprint density at radius 2 is 1.41 bits per heavy atom. The summed E-state index contributed by atoms with van der Waals surface area (Å²) in [7, 11) is 0. The molecule has 2 unspecified atom stereocenters. The lowest BCUT2D eigenvalue weighted by molar-refractivity contribution is -0.153. The van der Waals surface area contributed by atoms with Gasteiger partial charge in [-0.15, -0.1) is 0 Å². The first-order chi connectivity index (χ1) is 28.4. The average molecular weight is 928 g/mol. The molecule has 1 amide bonds. The van der Waals surface area contributed by atoms with Crippen molar-refractivity contribution >= 4 is 58.3 Å². The molecule has 0 radical (unpaired) electrons. The molecule has 0 aliphatic heterocycles. The zero-order chi connectivity index (χ0) is 43.3. The van der Waals surface area contributed by atoms with E-state index in [9.17, 15) is 28.8 Å². The Bertz CT molecular complexity index is 1750. The van der Waals surface area contributed by atoms with Crippen molar-refractivity contribution in [2.75, 3.05) is 17.6 Å². The molecule has 12 nitrogen and oxygen atoms in total. The number of hydrogen-bond acceptors (Lipinski definition) is 10. The van der Waals surface area contributed by atoms with E-state index in [2.05, 4.69) is 60.8 Å². The third-order valence-corrected chi connectivity index (χ3v) is 9.23. The molecule has 59 heavy (non-hydrogen) atoms. The monoisotopic (exact) mass is 927 g/mol. The van der Waals surface area contributed by atoms with Crippen molar-refractivity contribution in [3.63, 3.8) is 0 Å². The zero-order valence-electron chi connectivity index (χ0n) is 34.3. The summed E-state index contributed by atoms with van der Waals surface area (Å²) in [4.78, 5) is 76.0. The molecular formula is C46H58INO11. The van der Waals surface area contributed by atoms with E-state index < -0.39 is 53.4 Å². The van der Waals surface area contributed by atoms with Gasteiger partial charge in [0, 0.05) is 12.0 Å². The molecule has 0 bridgehead atoms. The molecule has 0 fully saturated rings. The van der Waals surface area contributed by atoms with E-state index in [4.69, 9.17) is 24.1 Å². The molecule has 13 heteroatoms. The lowest BCUT2D eigenvalue weighted by Gasteiger charge is -2.32. The Labute approximate surface area is 361 Å². The number of ether oxygens (including phenoxy) is 4. The predicted molar refractivity (Wildman–Crippen MR) is 235 cm³/mol. The van der Waals surface area contributed by atoms with Crippen LogP contribution in [0.15, 0.2) is 109 Å². The first kappa shape index (κ1) is 50.1. The number of carboxylic acid groups (broad SMARTS) is 1. The van der Waals surface area contributed by atoms with E-state index in [1.165, 1.54) is 18.2 Å². The van der Waals surface area contributed by atoms with Crippen molar-refractivity contribution in [3.05, 3.63) is 114 Å². The average Bonchev–Trinajstić information content (AvgIpc) is 3.21. The standard InChI is InChI=1S/C46H58INO11/c1-4-5-6-7-8-9-10-11-12-13-14-15-16-17-18-19-20-21-30-40(51)56-34-46(2,3)42(43(53)48-32-31-39(49)50)59-45(55)36-27-23-25-29-38(36)58-44(54)35-26-22-24-28-37(35)57-41(52)33-47/h5-6,8-9,11-12,14-15,17-18,20-21,23,25-27,29,37,42H,4,7,10,13,16,19,22,24,28,30-34H2,1-3H3,(H,48,53)(H,49,50)/b6-5-,9-8-,12-11-,15-14-,18-17-,21-20-. The molecule has 0 saturated heterocycles. The Morgan fingerprint density at radius 3 is 1.98 bits per heavy atom. The highest BCUT2D eigenvalue weighted by molar-refractivity contribution is 14.1. The third-order valence-electron chi connectivity index (χ3n) is 8.61.